The third kappa shape index (κ3) is 4.11. The summed E-state index contributed by atoms with van der Waals surface area (Å²) in [7, 11) is 0. The molecule has 32 heavy (non-hydrogen) atoms. The summed E-state index contributed by atoms with van der Waals surface area (Å²) < 4.78 is 1.88. The zero-order valence-electron chi connectivity index (χ0n) is 19.0. The second-order valence-corrected chi connectivity index (χ2v) is 9.03. The predicted octanol–water partition coefficient (Wildman–Crippen LogP) is 4.42. The monoisotopic (exact) mass is 431 g/mol. The standard InChI is InChI=1S/C26H33N5O/c1-2-3-14-30-20-21(25-27-23-11-7-8-12-24(23)31(25)26(30)32)13-15-28-16-18-29(19-17-28)22-9-5-4-6-10-22/h4-12,21H,2-3,13-20H2,1H3. The van der Waals surface area contributed by atoms with Crippen LogP contribution in [0.5, 0.6) is 0 Å². The molecule has 6 nitrogen and oxygen atoms in total. The summed E-state index contributed by atoms with van der Waals surface area (Å²) >= 11 is 0. The number of imidazole rings is 1. The summed E-state index contributed by atoms with van der Waals surface area (Å²) in [5, 5.41) is 0. The van der Waals surface area contributed by atoms with E-state index in [-0.39, 0.29) is 11.9 Å². The van der Waals surface area contributed by atoms with Crippen molar-refractivity contribution in [1.29, 1.82) is 0 Å². The van der Waals surface area contributed by atoms with E-state index in [0.29, 0.717) is 0 Å². The molecule has 1 unspecified atom stereocenters. The molecule has 0 radical (unpaired) electrons. The molecule has 0 bridgehead atoms. The highest BCUT2D eigenvalue weighted by atomic mass is 16.2. The maximum absolute atomic E-state index is 13.3. The van der Waals surface area contributed by atoms with Crippen molar-refractivity contribution in [1.82, 2.24) is 19.4 Å². The van der Waals surface area contributed by atoms with Gasteiger partial charge in [-0.05, 0) is 43.7 Å². The van der Waals surface area contributed by atoms with Crippen LogP contribution in [0.1, 0.15) is 37.9 Å². The van der Waals surface area contributed by atoms with E-state index in [4.69, 9.17) is 4.98 Å². The Morgan fingerprint density at radius 3 is 2.47 bits per heavy atom. The van der Waals surface area contributed by atoms with E-state index in [1.165, 1.54) is 5.69 Å². The number of fused-ring (bicyclic) bond motifs is 3. The number of rotatable bonds is 7. The van der Waals surface area contributed by atoms with Crippen LogP contribution in [0.15, 0.2) is 54.6 Å². The van der Waals surface area contributed by atoms with Gasteiger partial charge in [0.15, 0.2) is 0 Å². The number of benzene rings is 2. The van der Waals surface area contributed by atoms with Crippen LogP contribution in [0.25, 0.3) is 11.0 Å². The summed E-state index contributed by atoms with van der Waals surface area (Å²) in [5.74, 6) is 1.23. The van der Waals surface area contributed by atoms with Crippen LogP contribution in [0.3, 0.4) is 0 Å². The highest BCUT2D eigenvalue weighted by molar-refractivity contribution is 5.91. The lowest BCUT2D eigenvalue weighted by Crippen LogP contribution is -2.48. The molecule has 0 spiro atoms. The quantitative estimate of drug-likeness (QED) is 0.556. The molecule has 0 N–H and O–H groups in total. The van der Waals surface area contributed by atoms with Gasteiger partial charge in [-0.2, -0.15) is 0 Å². The minimum atomic E-state index is 0.0925. The maximum atomic E-state index is 13.3. The summed E-state index contributed by atoms with van der Waals surface area (Å²) in [6.45, 7) is 9.13. The highest BCUT2D eigenvalue weighted by Gasteiger charge is 2.34. The number of anilines is 1. The molecule has 0 saturated carbocycles. The average Bonchev–Trinajstić information content (AvgIpc) is 3.24. The zero-order chi connectivity index (χ0) is 21.9. The molecule has 3 heterocycles. The number of aromatic nitrogens is 2. The maximum Gasteiger partial charge on any atom is 0.330 e. The fraction of sp³-hybridized carbons (Fsp3) is 0.462. The van der Waals surface area contributed by atoms with Gasteiger partial charge in [-0.1, -0.05) is 43.7 Å². The lowest BCUT2D eigenvalue weighted by molar-refractivity contribution is 0.176. The summed E-state index contributed by atoms with van der Waals surface area (Å²) in [5.41, 5.74) is 3.18. The van der Waals surface area contributed by atoms with Crippen molar-refractivity contribution in [3.63, 3.8) is 0 Å². The first-order valence-corrected chi connectivity index (χ1v) is 12.0. The number of amides is 1. The van der Waals surface area contributed by atoms with Gasteiger partial charge in [0.2, 0.25) is 0 Å². The molecular formula is C26H33N5O. The molecule has 3 aromatic rings. The Bertz CT molecular complexity index is 1050. The van der Waals surface area contributed by atoms with Crippen LogP contribution in [0, 0.1) is 0 Å². The number of carbonyl (C=O) groups is 1. The topological polar surface area (TPSA) is 44.6 Å². The van der Waals surface area contributed by atoms with Crippen LogP contribution < -0.4 is 4.90 Å². The van der Waals surface area contributed by atoms with Gasteiger partial charge in [-0.25, -0.2) is 14.3 Å². The molecule has 1 saturated heterocycles. The first-order chi connectivity index (χ1) is 15.7. The van der Waals surface area contributed by atoms with E-state index >= 15 is 0 Å². The minimum absolute atomic E-state index is 0.0925. The van der Waals surface area contributed by atoms with Crippen LogP contribution in [-0.2, 0) is 0 Å². The van der Waals surface area contributed by atoms with Crippen LogP contribution in [0.2, 0.25) is 0 Å². The van der Waals surface area contributed by atoms with E-state index < -0.39 is 0 Å². The molecule has 1 amide bonds. The van der Waals surface area contributed by atoms with Gasteiger partial charge in [0.05, 0.1) is 11.0 Å². The normalized spacial score (nSPS) is 19.5. The smallest absolute Gasteiger partial charge is 0.330 e. The van der Waals surface area contributed by atoms with Gasteiger partial charge in [0.1, 0.15) is 5.82 Å². The SMILES string of the molecule is CCCCN1CC(CCN2CCN(c3ccccc3)CC2)c2nc3ccccc3n2C1=O. The fourth-order valence-corrected chi connectivity index (χ4v) is 5.05. The number of unbranched alkanes of at least 4 members (excludes halogenated alkanes) is 1. The Balaban J connectivity index is 1.28. The van der Waals surface area contributed by atoms with Crippen LogP contribution in [-0.4, -0.2) is 71.2 Å². The second-order valence-electron chi connectivity index (χ2n) is 9.03. The Kier molecular flexibility index (Phi) is 6.12. The van der Waals surface area contributed by atoms with Gasteiger partial charge in [-0.3, -0.25) is 4.90 Å². The number of piperazine rings is 1. The number of carbonyl (C=O) groups excluding carboxylic acids is 1. The largest absolute Gasteiger partial charge is 0.369 e. The highest BCUT2D eigenvalue weighted by Crippen LogP contribution is 2.31. The van der Waals surface area contributed by atoms with Gasteiger partial charge < -0.3 is 9.80 Å². The minimum Gasteiger partial charge on any atom is -0.369 e. The molecule has 1 atom stereocenters. The fourth-order valence-electron chi connectivity index (χ4n) is 5.05. The van der Waals surface area contributed by atoms with Gasteiger partial charge in [0.25, 0.3) is 0 Å². The lowest BCUT2D eigenvalue weighted by Gasteiger charge is -2.38. The summed E-state index contributed by atoms with van der Waals surface area (Å²) in [4.78, 5) is 25.2. The number of para-hydroxylation sites is 3. The van der Waals surface area contributed by atoms with Crippen molar-refractivity contribution in [2.45, 2.75) is 32.1 Å². The molecule has 5 rings (SSSR count). The molecule has 1 aromatic heterocycles. The first kappa shape index (κ1) is 21.0. The van der Waals surface area contributed by atoms with Crippen molar-refractivity contribution in [3.05, 3.63) is 60.4 Å². The number of hydrogen-bond acceptors (Lipinski definition) is 4. The van der Waals surface area contributed by atoms with Gasteiger partial charge in [-0.15, -0.1) is 0 Å². The Hall–Kier alpha value is -2.86. The Morgan fingerprint density at radius 1 is 0.938 bits per heavy atom. The van der Waals surface area contributed by atoms with E-state index in [9.17, 15) is 4.79 Å². The Morgan fingerprint density at radius 2 is 1.69 bits per heavy atom. The van der Waals surface area contributed by atoms with Crippen LogP contribution >= 0.6 is 0 Å². The van der Waals surface area contributed by atoms with E-state index in [1.807, 2.05) is 33.7 Å². The van der Waals surface area contributed by atoms with Crippen molar-refractivity contribution in [3.8, 4) is 0 Å². The second kappa shape index (κ2) is 9.33. The molecular weight excluding hydrogens is 398 g/mol. The van der Waals surface area contributed by atoms with Crippen molar-refractivity contribution in [2.24, 2.45) is 0 Å². The van der Waals surface area contributed by atoms with Crippen molar-refractivity contribution >= 4 is 22.8 Å². The molecule has 2 aromatic carbocycles. The third-order valence-corrected chi connectivity index (χ3v) is 6.92. The van der Waals surface area contributed by atoms with Crippen molar-refractivity contribution in [2.75, 3.05) is 50.7 Å². The molecule has 1 fully saturated rings. The molecule has 168 valence electrons. The van der Waals surface area contributed by atoms with Gasteiger partial charge >= 0.3 is 6.03 Å². The summed E-state index contributed by atoms with van der Waals surface area (Å²) in [6, 6.07) is 18.8. The Labute approximate surface area is 190 Å². The van der Waals surface area contributed by atoms with E-state index in [0.717, 1.165) is 81.9 Å². The number of hydrogen-bond donors (Lipinski definition) is 0. The molecule has 2 aliphatic rings. The molecule has 0 aliphatic carbocycles. The first-order valence-electron chi connectivity index (χ1n) is 12.0. The van der Waals surface area contributed by atoms with Crippen LogP contribution in [0.4, 0.5) is 10.5 Å². The molecule has 2 aliphatic heterocycles. The molecule has 6 heteroatoms. The summed E-state index contributed by atoms with van der Waals surface area (Å²) in [6.07, 6.45) is 3.17. The van der Waals surface area contributed by atoms with Gasteiger partial charge in [0, 0.05) is 50.9 Å². The predicted molar refractivity (Wildman–Crippen MR) is 129 cm³/mol. The van der Waals surface area contributed by atoms with E-state index in [2.05, 4.69) is 47.1 Å². The number of nitrogens with zero attached hydrogens (tertiary/aromatic N) is 5. The average molecular weight is 432 g/mol. The van der Waals surface area contributed by atoms with Crippen molar-refractivity contribution < 1.29 is 4.79 Å². The van der Waals surface area contributed by atoms with E-state index in [1.54, 1.807) is 0 Å². The lowest BCUT2D eigenvalue weighted by atomic mass is 10.0. The zero-order valence-corrected chi connectivity index (χ0v) is 19.0. The third-order valence-electron chi connectivity index (χ3n) is 6.92.